The van der Waals surface area contributed by atoms with E-state index in [1.807, 2.05) is 21.1 Å². The summed E-state index contributed by atoms with van der Waals surface area (Å²) in [5.41, 5.74) is 1.14. The highest BCUT2D eigenvalue weighted by Crippen LogP contribution is 2.39. The van der Waals surface area contributed by atoms with E-state index in [1.165, 1.54) is 5.56 Å². The van der Waals surface area contributed by atoms with Crippen LogP contribution in [0.15, 0.2) is 35.3 Å². The molecule has 5 nitrogen and oxygen atoms in total. The molecule has 3 rings (SSSR count). The average molecular weight is 357 g/mol. The molecule has 1 aliphatic carbocycles. The van der Waals surface area contributed by atoms with Gasteiger partial charge in [0.1, 0.15) is 0 Å². The number of benzene rings is 1. The van der Waals surface area contributed by atoms with E-state index < -0.39 is 0 Å². The van der Waals surface area contributed by atoms with Crippen LogP contribution in [0.5, 0.6) is 0 Å². The van der Waals surface area contributed by atoms with Crippen LogP contribution in [0.25, 0.3) is 0 Å². The van der Waals surface area contributed by atoms with E-state index in [0.717, 1.165) is 51.2 Å². The van der Waals surface area contributed by atoms with Gasteiger partial charge in [0.05, 0.1) is 5.41 Å². The monoisotopic (exact) mass is 356 g/mol. The van der Waals surface area contributed by atoms with Gasteiger partial charge >= 0.3 is 0 Å². The van der Waals surface area contributed by atoms with Crippen LogP contribution in [0.3, 0.4) is 0 Å². The minimum absolute atomic E-state index is 0.251. The predicted octanol–water partition coefficient (Wildman–Crippen LogP) is 2.70. The van der Waals surface area contributed by atoms with Gasteiger partial charge in [-0.2, -0.15) is 0 Å². The fourth-order valence-corrected chi connectivity index (χ4v) is 4.52. The molecule has 2 aliphatic rings. The molecule has 1 atom stereocenters. The largest absolute Gasteiger partial charge is 0.355 e. The molecule has 142 valence electrons. The van der Waals surface area contributed by atoms with Crippen molar-refractivity contribution < 1.29 is 4.79 Å². The molecule has 0 aromatic heterocycles. The van der Waals surface area contributed by atoms with Crippen molar-refractivity contribution in [2.24, 2.45) is 10.4 Å². The van der Waals surface area contributed by atoms with Gasteiger partial charge in [-0.1, -0.05) is 43.2 Å². The Balaban J connectivity index is 1.62. The van der Waals surface area contributed by atoms with Crippen molar-refractivity contribution in [3.05, 3.63) is 35.9 Å². The van der Waals surface area contributed by atoms with Crippen LogP contribution in [0.4, 0.5) is 0 Å². The second kappa shape index (κ2) is 8.11. The first kappa shape index (κ1) is 18.7. The van der Waals surface area contributed by atoms with Crippen LogP contribution in [-0.2, 0) is 4.79 Å². The van der Waals surface area contributed by atoms with E-state index >= 15 is 0 Å². The van der Waals surface area contributed by atoms with E-state index in [9.17, 15) is 4.79 Å². The first-order valence-corrected chi connectivity index (χ1v) is 9.78. The molecule has 26 heavy (non-hydrogen) atoms. The molecule has 1 aliphatic heterocycles. The number of aliphatic imine (C=N–C) groups is 1. The standard InChI is InChI=1S/C21H32N4O/c1-22-20(23-16-21(12-7-8-13-21)19(26)24(2)3)25-14-11-18(15-25)17-9-5-4-6-10-17/h4-6,9-10,18H,7-8,11-16H2,1-3H3,(H,22,23). The Hall–Kier alpha value is -2.04. The molecule has 1 heterocycles. The Morgan fingerprint density at radius 3 is 2.58 bits per heavy atom. The first-order valence-electron chi connectivity index (χ1n) is 9.78. The van der Waals surface area contributed by atoms with Crippen molar-refractivity contribution in [3.63, 3.8) is 0 Å². The fourth-order valence-electron chi connectivity index (χ4n) is 4.52. The zero-order chi connectivity index (χ0) is 18.6. The third kappa shape index (κ3) is 3.87. The molecule has 1 saturated carbocycles. The maximum absolute atomic E-state index is 12.8. The summed E-state index contributed by atoms with van der Waals surface area (Å²) >= 11 is 0. The molecular formula is C21H32N4O. The van der Waals surface area contributed by atoms with Crippen LogP contribution in [0.1, 0.15) is 43.6 Å². The van der Waals surface area contributed by atoms with Gasteiger partial charge in [-0.05, 0) is 24.8 Å². The Morgan fingerprint density at radius 2 is 1.96 bits per heavy atom. The second-order valence-corrected chi connectivity index (χ2v) is 7.93. The summed E-state index contributed by atoms with van der Waals surface area (Å²) in [5.74, 6) is 1.74. The quantitative estimate of drug-likeness (QED) is 0.666. The molecule has 2 fully saturated rings. The smallest absolute Gasteiger partial charge is 0.230 e. The zero-order valence-corrected chi connectivity index (χ0v) is 16.4. The Kier molecular flexibility index (Phi) is 5.84. The maximum atomic E-state index is 12.8. The van der Waals surface area contributed by atoms with E-state index in [4.69, 9.17) is 0 Å². The lowest BCUT2D eigenvalue weighted by Gasteiger charge is -2.32. The number of guanidine groups is 1. The fraction of sp³-hybridized carbons (Fsp3) is 0.619. The molecule has 0 spiro atoms. The lowest BCUT2D eigenvalue weighted by molar-refractivity contribution is -0.138. The number of carbonyl (C=O) groups excluding carboxylic acids is 1. The number of likely N-dealkylation sites (tertiary alicyclic amines) is 1. The third-order valence-electron chi connectivity index (χ3n) is 5.98. The van der Waals surface area contributed by atoms with Gasteiger partial charge in [-0.25, -0.2) is 0 Å². The number of amides is 1. The Labute approximate surface area is 157 Å². The second-order valence-electron chi connectivity index (χ2n) is 7.93. The van der Waals surface area contributed by atoms with Crippen molar-refractivity contribution in [3.8, 4) is 0 Å². The highest BCUT2D eigenvalue weighted by molar-refractivity contribution is 5.85. The normalized spacial score (nSPS) is 22.5. The topological polar surface area (TPSA) is 47.9 Å². The summed E-state index contributed by atoms with van der Waals surface area (Å²) in [6, 6.07) is 10.7. The summed E-state index contributed by atoms with van der Waals surface area (Å²) in [7, 11) is 5.57. The summed E-state index contributed by atoms with van der Waals surface area (Å²) in [4.78, 5) is 21.3. The summed E-state index contributed by atoms with van der Waals surface area (Å²) in [5, 5.41) is 3.53. The number of hydrogen-bond acceptors (Lipinski definition) is 2. The van der Waals surface area contributed by atoms with Gasteiger partial charge in [0, 0.05) is 46.7 Å². The number of hydrogen-bond donors (Lipinski definition) is 1. The van der Waals surface area contributed by atoms with Crippen molar-refractivity contribution >= 4 is 11.9 Å². The first-order chi connectivity index (χ1) is 12.6. The molecule has 5 heteroatoms. The van der Waals surface area contributed by atoms with Crippen LogP contribution in [0.2, 0.25) is 0 Å². The number of rotatable bonds is 4. The highest BCUT2D eigenvalue weighted by Gasteiger charge is 2.42. The van der Waals surface area contributed by atoms with E-state index in [2.05, 4.69) is 45.5 Å². The van der Waals surface area contributed by atoms with Crippen molar-refractivity contribution in [1.29, 1.82) is 0 Å². The zero-order valence-electron chi connectivity index (χ0n) is 16.4. The molecule has 1 aromatic rings. The summed E-state index contributed by atoms with van der Waals surface area (Å²) < 4.78 is 0. The minimum Gasteiger partial charge on any atom is -0.355 e. The number of nitrogens with one attached hydrogen (secondary N) is 1. The molecule has 1 N–H and O–H groups in total. The average Bonchev–Trinajstić information content (AvgIpc) is 3.33. The van der Waals surface area contributed by atoms with Gasteiger partial charge in [-0.3, -0.25) is 9.79 Å². The Morgan fingerprint density at radius 1 is 1.27 bits per heavy atom. The number of carbonyl (C=O) groups is 1. The SMILES string of the molecule is CN=C(NCC1(C(=O)N(C)C)CCCC1)N1CCC(c2ccccc2)C1. The molecule has 1 amide bonds. The predicted molar refractivity (Wildman–Crippen MR) is 106 cm³/mol. The van der Waals surface area contributed by atoms with Crippen LogP contribution < -0.4 is 5.32 Å². The van der Waals surface area contributed by atoms with Gasteiger partial charge in [0.15, 0.2) is 5.96 Å². The molecular weight excluding hydrogens is 324 g/mol. The van der Waals surface area contributed by atoms with Crippen molar-refractivity contribution in [2.75, 3.05) is 40.8 Å². The molecule has 1 saturated heterocycles. The van der Waals surface area contributed by atoms with Crippen LogP contribution in [0, 0.1) is 5.41 Å². The van der Waals surface area contributed by atoms with Crippen LogP contribution in [-0.4, -0.2) is 62.4 Å². The summed E-state index contributed by atoms with van der Waals surface area (Å²) in [6.45, 7) is 2.68. The lowest BCUT2D eigenvalue weighted by atomic mass is 9.84. The molecule has 0 bridgehead atoms. The molecule has 1 aromatic carbocycles. The molecule has 1 unspecified atom stereocenters. The van der Waals surface area contributed by atoms with E-state index in [-0.39, 0.29) is 11.3 Å². The Bertz CT molecular complexity index is 635. The van der Waals surface area contributed by atoms with E-state index in [0.29, 0.717) is 12.5 Å². The van der Waals surface area contributed by atoms with Gasteiger partial charge in [0.2, 0.25) is 5.91 Å². The summed E-state index contributed by atoms with van der Waals surface area (Å²) in [6.07, 6.45) is 5.37. The van der Waals surface area contributed by atoms with Crippen molar-refractivity contribution in [1.82, 2.24) is 15.1 Å². The maximum Gasteiger partial charge on any atom is 0.230 e. The van der Waals surface area contributed by atoms with Crippen molar-refractivity contribution in [2.45, 2.75) is 38.0 Å². The van der Waals surface area contributed by atoms with Gasteiger partial charge in [0.25, 0.3) is 0 Å². The third-order valence-corrected chi connectivity index (χ3v) is 5.98. The molecule has 0 radical (unpaired) electrons. The lowest BCUT2D eigenvalue weighted by Crippen LogP contribution is -2.49. The van der Waals surface area contributed by atoms with E-state index in [1.54, 1.807) is 4.90 Å². The minimum atomic E-state index is -0.266. The number of nitrogens with zero attached hydrogens (tertiary/aromatic N) is 3. The van der Waals surface area contributed by atoms with Gasteiger partial charge in [-0.15, -0.1) is 0 Å². The highest BCUT2D eigenvalue weighted by atomic mass is 16.2. The van der Waals surface area contributed by atoms with Gasteiger partial charge < -0.3 is 15.1 Å². The van der Waals surface area contributed by atoms with Crippen LogP contribution >= 0.6 is 0 Å².